The largest absolute Gasteiger partial charge is 0.506 e. The van der Waals surface area contributed by atoms with Crippen molar-refractivity contribution < 1.29 is 14.8 Å². The topological polar surface area (TPSA) is 110 Å². The second kappa shape index (κ2) is 6.88. The molecule has 128 valence electrons. The minimum Gasteiger partial charge on any atom is -0.506 e. The summed E-state index contributed by atoms with van der Waals surface area (Å²) in [5.74, 6) is -0.703. The van der Waals surface area contributed by atoms with Crippen molar-refractivity contribution in [2.24, 2.45) is 0 Å². The normalized spacial score (nSPS) is 12.0. The number of halogens is 1. The fourth-order valence-electron chi connectivity index (χ4n) is 2.37. The molecule has 0 saturated heterocycles. The van der Waals surface area contributed by atoms with E-state index < -0.39 is 16.9 Å². The van der Waals surface area contributed by atoms with Crippen molar-refractivity contribution in [1.82, 2.24) is 9.78 Å². The summed E-state index contributed by atoms with van der Waals surface area (Å²) < 4.78 is 1.52. The summed E-state index contributed by atoms with van der Waals surface area (Å²) in [5, 5.41) is 27.9. The number of aryl methyl sites for hydroxylation is 1. The predicted octanol–water partition coefficient (Wildman–Crippen LogP) is 3.36. The first-order valence-corrected chi connectivity index (χ1v) is 7.63. The van der Waals surface area contributed by atoms with Crippen LogP contribution in [0.3, 0.4) is 0 Å². The molecule has 0 aliphatic carbocycles. The predicted molar refractivity (Wildman–Crippen MR) is 89.4 cm³/mol. The van der Waals surface area contributed by atoms with Crippen molar-refractivity contribution in [3.05, 3.63) is 44.7 Å². The van der Waals surface area contributed by atoms with Crippen molar-refractivity contribution in [3.63, 3.8) is 0 Å². The number of rotatable bonds is 5. The molecule has 2 N–H and O–H groups in total. The highest BCUT2D eigenvalue weighted by atomic mass is 35.5. The average molecular weight is 353 g/mol. The first kappa shape index (κ1) is 17.7. The molecule has 2 aromatic rings. The number of hydrogen-bond acceptors (Lipinski definition) is 5. The molecule has 0 aliphatic heterocycles. The number of benzene rings is 1. The molecule has 1 aromatic heterocycles. The lowest BCUT2D eigenvalue weighted by Crippen LogP contribution is -2.27. The van der Waals surface area contributed by atoms with Gasteiger partial charge >= 0.3 is 0 Å². The number of aromatic hydroxyl groups is 1. The second-order valence-corrected chi connectivity index (χ2v) is 5.68. The summed E-state index contributed by atoms with van der Waals surface area (Å²) in [4.78, 5) is 22.8. The van der Waals surface area contributed by atoms with Crippen LogP contribution in [0.5, 0.6) is 5.75 Å². The van der Waals surface area contributed by atoms with Crippen molar-refractivity contribution in [3.8, 4) is 5.75 Å². The average Bonchev–Trinajstić information content (AvgIpc) is 2.78. The summed E-state index contributed by atoms with van der Waals surface area (Å²) >= 11 is 6.12. The number of amides is 1. The highest BCUT2D eigenvalue weighted by molar-refractivity contribution is 6.31. The van der Waals surface area contributed by atoms with Crippen molar-refractivity contribution in [2.45, 2.75) is 33.2 Å². The van der Waals surface area contributed by atoms with Gasteiger partial charge in [0.05, 0.1) is 27.0 Å². The number of anilines is 1. The van der Waals surface area contributed by atoms with Gasteiger partial charge in [-0.1, -0.05) is 18.5 Å². The van der Waals surface area contributed by atoms with Gasteiger partial charge in [-0.05, 0) is 26.3 Å². The first-order valence-electron chi connectivity index (χ1n) is 7.25. The summed E-state index contributed by atoms with van der Waals surface area (Å²) in [6, 6.07) is 2.77. The molecule has 0 saturated carbocycles. The molecule has 0 spiro atoms. The fourth-order valence-corrected chi connectivity index (χ4v) is 2.49. The third kappa shape index (κ3) is 3.33. The van der Waals surface area contributed by atoms with Crippen LogP contribution in [-0.2, 0) is 4.79 Å². The van der Waals surface area contributed by atoms with Crippen LogP contribution < -0.4 is 5.32 Å². The number of phenols is 1. The van der Waals surface area contributed by atoms with E-state index in [4.69, 9.17) is 11.6 Å². The van der Waals surface area contributed by atoms with Gasteiger partial charge in [-0.3, -0.25) is 19.6 Å². The maximum atomic E-state index is 12.6. The van der Waals surface area contributed by atoms with Crippen LogP contribution in [0.25, 0.3) is 0 Å². The number of nitro groups is 1. The SMILES string of the molecule is CCC(C(=O)Nc1cc([N+](=O)[O-])ccc1O)n1nc(C)c(Cl)c1C. The standard InChI is InChI=1S/C15H17ClN4O4/c1-4-12(19-9(3)14(16)8(2)18-19)15(22)17-11-7-10(20(23)24)5-6-13(11)21/h5-7,12,21H,4H2,1-3H3,(H,17,22). The van der Waals surface area contributed by atoms with E-state index in [0.717, 1.165) is 18.2 Å². The summed E-state index contributed by atoms with van der Waals surface area (Å²) in [7, 11) is 0. The van der Waals surface area contributed by atoms with Gasteiger partial charge in [-0.15, -0.1) is 0 Å². The minimum absolute atomic E-state index is 0.0275. The van der Waals surface area contributed by atoms with Gasteiger partial charge in [-0.2, -0.15) is 5.10 Å². The number of aromatic nitrogens is 2. The molecule has 0 aliphatic rings. The van der Waals surface area contributed by atoms with Gasteiger partial charge in [-0.25, -0.2) is 0 Å². The number of nitrogens with one attached hydrogen (secondary N) is 1. The van der Waals surface area contributed by atoms with Crippen molar-refractivity contribution >= 4 is 28.9 Å². The quantitative estimate of drug-likeness (QED) is 0.487. The Bertz CT molecular complexity index is 803. The highest BCUT2D eigenvalue weighted by Crippen LogP contribution is 2.30. The Morgan fingerprint density at radius 2 is 2.17 bits per heavy atom. The molecule has 1 atom stereocenters. The third-order valence-corrected chi connectivity index (χ3v) is 4.22. The van der Waals surface area contributed by atoms with Crippen molar-refractivity contribution in [1.29, 1.82) is 0 Å². The Kier molecular flexibility index (Phi) is 5.08. The van der Waals surface area contributed by atoms with E-state index in [-0.39, 0.29) is 17.1 Å². The highest BCUT2D eigenvalue weighted by Gasteiger charge is 2.24. The van der Waals surface area contributed by atoms with E-state index >= 15 is 0 Å². The molecule has 1 unspecified atom stereocenters. The zero-order valence-electron chi connectivity index (χ0n) is 13.4. The number of nitrogens with zero attached hydrogens (tertiary/aromatic N) is 3. The van der Waals surface area contributed by atoms with Gasteiger partial charge in [0.15, 0.2) is 0 Å². The molecule has 2 rings (SSSR count). The lowest BCUT2D eigenvalue weighted by molar-refractivity contribution is -0.384. The zero-order valence-corrected chi connectivity index (χ0v) is 14.2. The van der Waals surface area contributed by atoms with Crippen LogP contribution in [0.1, 0.15) is 30.8 Å². The Balaban J connectivity index is 2.32. The first-order chi connectivity index (χ1) is 11.3. The Morgan fingerprint density at radius 1 is 1.50 bits per heavy atom. The lowest BCUT2D eigenvalue weighted by atomic mass is 10.2. The van der Waals surface area contributed by atoms with Gasteiger partial charge in [0.1, 0.15) is 11.8 Å². The van der Waals surface area contributed by atoms with E-state index in [2.05, 4.69) is 10.4 Å². The molecular weight excluding hydrogens is 336 g/mol. The van der Waals surface area contributed by atoms with Crippen LogP contribution >= 0.6 is 11.6 Å². The Morgan fingerprint density at radius 3 is 2.67 bits per heavy atom. The molecule has 24 heavy (non-hydrogen) atoms. The lowest BCUT2D eigenvalue weighted by Gasteiger charge is -2.17. The molecule has 0 bridgehead atoms. The molecule has 1 amide bonds. The Labute approximate surface area is 143 Å². The molecular formula is C15H17ClN4O4. The van der Waals surface area contributed by atoms with Crippen LogP contribution in [0, 0.1) is 24.0 Å². The van der Waals surface area contributed by atoms with E-state index in [1.807, 2.05) is 6.92 Å². The Hall–Kier alpha value is -2.61. The van der Waals surface area contributed by atoms with Gasteiger partial charge in [0.2, 0.25) is 5.91 Å². The van der Waals surface area contributed by atoms with Gasteiger partial charge in [0.25, 0.3) is 5.69 Å². The van der Waals surface area contributed by atoms with E-state index in [1.165, 1.54) is 4.68 Å². The van der Waals surface area contributed by atoms with Crippen LogP contribution in [0.15, 0.2) is 18.2 Å². The monoisotopic (exact) mass is 352 g/mol. The summed E-state index contributed by atoms with van der Waals surface area (Å²) in [6.45, 7) is 5.30. The molecule has 1 aromatic carbocycles. The molecule has 0 fully saturated rings. The van der Waals surface area contributed by atoms with Crippen LogP contribution in [0.4, 0.5) is 11.4 Å². The van der Waals surface area contributed by atoms with E-state index in [9.17, 15) is 20.0 Å². The summed E-state index contributed by atoms with van der Waals surface area (Å²) in [5.41, 5.74) is 1.00. The number of carbonyl (C=O) groups is 1. The number of carbonyl (C=O) groups excluding carboxylic acids is 1. The maximum absolute atomic E-state index is 12.6. The number of non-ortho nitro benzene ring substituents is 1. The van der Waals surface area contributed by atoms with Gasteiger partial charge < -0.3 is 10.4 Å². The number of phenolic OH excluding ortho intramolecular Hbond substituents is 1. The zero-order chi connectivity index (χ0) is 18.0. The molecule has 1 heterocycles. The summed E-state index contributed by atoms with van der Waals surface area (Å²) in [6.07, 6.45) is 0.430. The number of nitro benzene ring substituents is 1. The molecule has 0 radical (unpaired) electrons. The third-order valence-electron chi connectivity index (χ3n) is 3.67. The van der Waals surface area contributed by atoms with Crippen molar-refractivity contribution in [2.75, 3.05) is 5.32 Å². The smallest absolute Gasteiger partial charge is 0.271 e. The number of hydrogen-bond donors (Lipinski definition) is 2. The maximum Gasteiger partial charge on any atom is 0.271 e. The van der Waals surface area contributed by atoms with E-state index in [1.54, 1.807) is 13.8 Å². The van der Waals surface area contributed by atoms with Crippen LogP contribution in [0.2, 0.25) is 5.02 Å². The minimum atomic E-state index is -0.658. The molecule has 9 heteroatoms. The molecule has 8 nitrogen and oxygen atoms in total. The van der Waals surface area contributed by atoms with E-state index in [0.29, 0.717) is 22.8 Å². The second-order valence-electron chi connectivity index (χ2n) is 5.30. The van der Waals surface area contributed by atoms with Crippen LogP contribution in [-0.4, -0.2) is 25.7 Å². The van der Waals surface area contributed by atoms with Gasteiger partial charge in [0, 0.05) is 12.1 Å². The fraction of sp³-hybridized carbons (Fsp3) is 0.333.